The molecule has 0 aromatic heterocycles. The van der Waals surface area contributed by atoms with E-state index in [4.69, 9.17) is 10.8 Å². The maximum atomic E-state index is 10.4. The SMILES string of the molecule is Nc1cc(O)ccc1C[C@@H]([NH3+])C(=O)[O-]. The predicted octanol–water partition coefficient (Wildman–Crippen LogP) is -2.12. The zero-order valence-corrected chi connectivity index (χ0v) is 7.56. The zero-order chi connectivity index (χ0) is 10.7. The van der Waals surface area contributed by atoms with Crippen molar-refractivity contribution in [3.05, 3.63) is 23.8 Å². The van der Waals surface area contributed by atoms with Gasteiger partial charge in [-0.1, -0.05) is 6.07 Å². The number of carbonyl (C=O) groups is 1. The van der Waals surface area contributed by atoms with Gasteiger partial charge in [-0.2, -0.15) is 0 Å². The fourth-order valence-corrected chi connectivity index (χ4v) is 1.12. The number of nitrogens with two attached hydrogens (primary N) is 1. The number of rotatable bonds is 3. The second-order valence-corrected chi connectivity index (χ2v) is 3.10. The Bertz CT molecular complexity index is 352. The van der Waals surface area contributed by atoms with E-state index in [2.05, 4.69) is 5.73 Å². The highest BCUT2D eigenvalue weighted by molar-refractivity contribution is 5.70. The molecule has 0 aliphatic rings. The Kier molecular flexibility index (Phi) is 2.93. The van der Waals surface area contributed by atoms with Crippen LogP contribution in [0.15, 0.2) is 18.2 Å². The number of carbonyl (C=O) groups excluding carboxylic acids is 1. The molecule has 0 aliphatic carbocycles. The lowest BCUT2D eigenvalue weighted by Gasteiger charge is -2.11. The average molecular weight is 196 g/mol. The number of anilines is 1. The number of aliphatic carboxylic acids is 1. The first kappa shape index (κ1) is 10.3. The van der Waals surface area contributed by atoms with Crippen LogP contribution < -0.4 is 16.6 Å². The molecule has 5 nitrogen and oxygen atoms in total. The molecular weight excluding hydrogens is 184 g/mol. The van der Waals surface area contributed by atoms with Crippen LogP contribution in [0, 0.1) is 0 Å². The van der Waals surface area contributed by atoms with Gasteiger partial charge in [0.25, 0.3) is 0 Å². The van der Waals surface area contributed by atoms with Gasteiger partial charge < -0.3 is 26.5 Å². The van der Waals surface area contributed by atoms with E-state index < -0.39 is 12.0 Å². The molecule has 0 radical (unpaired) electrons. The highest BCUT2D eigenvalue weighted by Crippen LogP contribution is 2.19. The number of hydrogen-bond donors (Lipinski definition) is 3. The summed E-state index contributed by atoms with van der Waals surface area (Å²) in [5.74, 6) is -1.15. The van der Waals surface area contributed by atoms with E-state index in [0.29, 0.717) is 11.3 Å². The first-order valence-electron chi connectivity index (χ1n) is 4.12. The Morgan fingerprint density at radius 1 is 1.64 bits per heavy atom. The van der Waals surface area contributed by atoms with E-state index in [1.807, 2.05) is 0 Å². The Morgan fingerprint density at radius 3 is 2.79 bits per heavy atom. The van der Waals surface area contributed by atoms with Crippen molar-refractivity contribution in [1.82, 2.24) is 0 Å². The lowest BCUT2D eigenvalue weighted by Crippen LogP contribution is -2.69. The molecule has 1 aromatic carbocycles. The second-order valence-electron chi connectivity index (χ2n) is 3.10. The number of phenolic OH excluding ortho intramolecular Hbond substituents is 1. The Labute approximate surface area is 81.0 Å². The quantitative estimate of drug-likeness (QED) is 0.479. The fraction of sp³-hybridized carbons (Fsp3) is 0.222. The summed E-state index contributed by atoms with van der Waals surface area (Å²) in [5, 5.41) is 19.5. The molecule has 5 heteroatoms. The lowest BCUT2D eigenvalue weighted by molar-refractivity contribution is -0.436. The molecule has 0 aliphatic heterocycles. The molecule has 76 valence electrons. The van der Waals surface area contributed by atoms with Crippen LogP contribution in [-0.4, -0.2) is 17.1 Å². The molecule has 0 saturated carbocycles. The molecule has 14 heavy (non-hydrogen) atoms. The van der Waals surface area contributed by atoms with Crippen molar-refractivity contribution in [1.29, 1.82) is 0 Å². The third kappa shape index (κ3) is 2.37. The summed E-state index contributed by atoms with van der Waals surface area (Å²) in [6.45, 7) is 0. The molecule has 1 aromatic rings. The topological polar surface area (TPSA) is 114 Å². The third-order valence-corrected chi connectivity index (χ3v) is 1.93. The number of carboxylic acid groups (broad SMARTS) is 1. The van der Waals surface area contributed by atoms with Gasteiger partial charge in [-0.05, 0) is 11.6 Å². The minimum absolute atomic E-state index is 0.0558. The second kappa shape index (κ2) is 3.97. The van der Waals surface area contributed by atoms with Gasteiger partial charge in [-0.25, -0.2) is 0 Å². The Balaban J connectivity index is 2.82. The summed E-state index contributed by atoms with van der Waals surface area (Å²) in [7, 11) is 0. The van der Waals surface area contributed by atoms with Crippen LogP contribution in [-0.2, 0) is 11.2 Å². The standard InChI is InChI=1S/C9H12N2O3/c10-7-4-6(12)2-1-5(7)3-8(11)9(13)14/h1-2,4,8,12H,3,10-11H2,(H,13,14)/t8-/m1/s1. The molecule has 6 N–H and O–H groups in total. The summed E-state index contributed by atoms with van der Waals surface area (Å²) in [6, 6.07) is 3.57. The number of carboxylic acids is 1. The normalized spacial score (nSPS) is 12.4. The minimum Gasteiger partial charge on any atom is -0.544 e. The molecule has 0 spiro atoms. The predicted molar refractivity (Wildman–Crippen MR) is 47.9 cm³/mol. The lowest BCUT2D eigenvalue weighted by atomic mass is 10.0. The van der Waals surface area contributed by atoms with E-state index in [1.165, 1.54) is 12.1 Å². The summed E-state index contributed by atoms with van der Waals surface area (Å²) in [5.41, 5.74) is 9.99. The zero-order valence-electron chi connectivity index (χ0n) is 7.56. The van der Waals surface area contributed by atoms with Crippen LogP contribution in [0.1, 0.15) is 5.56 Å². The highest BCUT2D eigenvalue weighted by Gasteiger charge is 2.10. The van der Waals surface area contributed by atoms with Gasteiger partial charge in [-0.3, -0.25) is 0 Å². The summed E-state index contributed by atoms with van der Waals surface area (Å²) in [6.07, 6.45) is 0.203. The van der Waals surface area contributed by atoms with Crippen LogP contribution in [0.4, 0.5) is 5.69 Å². The van der Waals surface area contributed by atoms with Crippen LogP contribution in [0.25, 0.3) is 0 Å². The van der Waals surface area contributed by atoms with Crippen molar-refractivity contribution >= 4 is 11.7 Å². The van der Waals surface area contributed by atoms with Crippen molar-refractivity contribution in [2.24, 2.45) is 0 Å². The number of quaternary nitrogens is 1. The number of phenols is 1. The number of benzene rings is 1. The van der Waals surface area contributed by atoms with Crippen LogP contribution >= 0.6 is 0 Å². The largest absolute Gasteiger partial charge is 0.544 e. The first-order valence-corrected chi connectivity index (χ1v) is 4.12. The van der Waals surface area contributed by atoms with E-state index in [9.17, 15) is 9.90 Å². The van der Waals surface area contributed by atoms with E-state index in [1.54, 1.807) is 6.07 Å². The molecule has 0 saturated heterocycles. The number of nitrogen functional groups attached to an aromatic ring is 1. The van der Waals surface area contributed by atoms with E-state index >= 15 is 0 Å². The number of hydrogen-bond acceptors (Lipinski definition) is 4. The maximum absolute atomic E-state index is 10.4. The van der Waals surface area contributed by atoms with Crippen molar-refractivity contribution in [3.8, 4) is 5.75 Å². The molecular formula is C9H12N2O3. The van der Waals surface area contributed by atoms with Crippen LogP contribution in [0.3, 0.4) is 0 Å². The van der Waals surface area contributed by atoms with Gasteiger partial charge in [-0.15, -0.1) is 0 Å². The van der Waals surface area contributed by atoms with E-state index in [-0.39, 0.29) is 12.2 Å². The Morgan fingerprint density at radius 2 is 2.29 bits per heavy atom. The van der Waals surface area contributed by atoms with Gasteiger partial charge in [0, 0.05) is 18.2 Å². The van der Waals surface area contributed by atoms with Crippen molar-refractivity contribution in [3.63, 3.8) is 0 Å². The molecule has 0 unspecified atom stereocenters. The van der Waals surface area contributed by atoms with Gasteiger partial charge in [0.1, 0.15) is 11.8 Å². The first-order chi connectivity index (χ1) is 6.50. The highest BCUT2D eigenvalue weighted by atomic mass is 16.4. The monoisotopic (exact) mass is 196 g/mol. The fourth-order valence-electron chi connectivity index (χ4n) is 1.12. The molecule has 1 atom stereocenters. The smallest absolute Gasteiger partial charge is 0.129 e. The summed E-state index contributed by atoms with van der Waals surface area (Å²) in [4.78, 5) is 10.4. The molecule has 0 amide bonds. The number of aromatic hydroxyl groups is 1. The average Bonchev–Trinajstić information content (AvgIpc) is 2.09. The summed E-state index contributed by atoms with van der Waals surface area (Å²) < 4.78 is 0. The Hall–Kier alpha value is -1.75. The van der Waals surface area contributed by atoms with Crippen molar-refractivity contribution < 1.29 is 20.7 Å². The van der Waals surface area contributed by atoms with Crippen LogP contribution in [0.2, 0.25) is 0 Å². The summed E-state index contributed by atoms with van der Waals surface area (Å²) >= 11 is 0. The molecule has 0 fully saturated rings. The third-order valence-electron chi connectivity index (χ3n) is 1.93. The van der Waals surface area contributed by atoms with Gasteiger partial charge in [0.2, 0.25) is 0 Å². The van der Waals surface area contributed by atoms with Crippen LogP contribution in [0.5, 0.6) is 5.75 Å². The van der Waals surface area contributed by atoms with Gasteiger partial charge in [0.05, 0.1) is 5.97 Å². The maximum Gasteiger partial charge on any atom is 0.129 e. The molecule has 0 heterocycles. The molecule has 1 rings (SSSR count). The minimum atomic E-state index is -1.21. The van der Waals surface area contributed by atoms with Gasteiger partial charge >= 0.3 is 0 Å². The van der Waals surface area contributed by atoms with Crippen molar-refractivity contribution in [2.45, 2.75) is 12.5 Å². The van der Waals surface area contributed by atoms with Gasteiger partial charge in [0.15, 0.2) is 0 Å². The molecule has 0 bridgehead atoms. The van der Waals surface area contributed by atoms with E-state index in [0.717, 1.165) is 0 Å². The van der Waals surface area contributed by atoms with Crippen molar-refractivity contribution in [2.75, 3.05) is 5.73 Å².